The molecule has 12 heteroatoms. The van der Waals surface area contributed by atoms with Gasteiger partial charge in [-0.3, -0.25) is 4.79 Å². The molecule has 0 aliphatic carbocycles. The molecule has 2 rings (SSSR count). The van der Waals surface area contributed by atoms with E-state index in [2.05, 4.69) is 0 Å². The Balaban J connectivity index is 1.94. The van der Waals surface area contributed by atoms with Crippen molar-refractivity contribution >= 4 is 5.97 Å². The minimum atomic E-state index is -1.70. The average Bonchev–Trinajstić information content (AvgIpc) is 2.73. The lowest BCUT2D eigenvalue weighted by Gasteiger charge is -2.42. The van der Waals surface area contributed by atoms with E-state index in [1.807, 2.05) is 6.92 Å². The van der Waals surface area contributed by atoms with Gasteiger partial charge in [-0.05, 0) is 6.42 Å². The second-order valence-corrected chi connectivity index (χ2v) is 7.49. The van der Waals surface area contributed by atoms with Crippen molar-refractivity contribution in [3.05, 3.63) is 0 Å². The minimum Gasteiger partial charge on any atom is -0.433 e. The van der Waals surface area contributed by atoms with Crippen LogP contribution in [-0.2, 0) is 23.7 Å². The van der Waals surface area contributed by atoms with Crippen LogP contribution in [0, 0.1) is 0 Å². The highest BCUT2D eigenvalue weighted by Gasteiger charge is 2.48. The molecule has 0 bridgehead atoms. The van der Waals surface area contributed by atoms with Crippen molar-refractivity contribution in [3.63, 3.8) is 0 Å². The molecule has 2 saturated heterocycles. The minimum absolute atomic E-state index is 0.102. The van der Waals surface area contributed by atoms with Crippen molar-refractivity contribution in [1.82, 2.24) is 0 Å². The summed E-state index contributed by atoms with van der Waals surface area (Å²) in [5.41, 5.74) is 0. The molecule has 2 heterocycles. The largest absolute Gasteiger partial charge is 0.433 e. The summed E-state index contributed by atoms with van der Waals surface area (Å²) < 4.78 is 20.9. The number of carbonyl (C=O) groups is 1. The van der Waals surface area contributed by atoms with Gasteiger partial charge in [0, 0.05) is 6.42 Å². The Morgan fingerprint density at radius 3 is 1.97 bits per heavy atom. The number of unbranched alkanes of at least 4 members (excludes halogenated alkanes) is 2. The molecular formula is C18H32O12. The lowest BCUT2D eigenvalue weighted by molar-refractivity contribution is -0.327. The second-order valence-electron chi connectivity index (χ2n) is 7.49. The van der Waals surface area contributed by atoms with E-state index in [1.165, 1.54) is 0 Å². The van der Waals surface area contributed by atoms with Crippen LogP contribution in [0.15, 0.2) is 0 Å². The summed E-state index contributed by atoms with van der Waals surface area (Å²) in [6.07, 6.45) is -12.9. The van der Waals surface area contributed by atoms with Crippen LogP contribution >= 0.6 is 0 Å². The topological polar surface area (TPSA) is 196 Å². The molecule has 12 nitrogen and oxygen atoms in total. The Morgan fingerprint density at radius 1 is 0.800 bits per heavy atom. The van der Waals surface area contributed by atoms with Crippen molar-refractivity contribution in [1.29, 1.82) is 0 Å². The van der Waals surface area contributed by atoms with Gasteiger partial charge in [0.25, 0.3) is 0 Å². The first kappa shape index (κ1) is 25.3. The van der Waals surface area contributed by atoms with E-state index < -0.39 is 80.6 Å². The van der Waals surface area contributed by atoms with Gasteiger partial charge < -0.3 is 54.7 Å². The Hall–Kier alpha value is -0.930. The summed E-state index contributed by atoms with van der Waals surface area (Å²) in [7, 11) is 0. The third-order valence-corrected chi connectivity index (χ3v) is 5.17. The number of carbonyl (C=O) groups excluding carboxylic acids is 1. The number of esters is 1. The first-order valence-corrected chi connectivity index (χ1v) is 10.0. The molecule has 0 aromatic carbocycles. The highest BCUT2D eigenvalue weighted by molar-refractivity contribution is 5.69. The molecule has 0 aromatic rings. The summed E-state index contributed by atoms with van der Waals surface area (Å²) in [6, 6.07) is 0. The predicted molar refractivity (Wildman–Crippen MR) is 96.6 cm³/mol. The summed E-state index contributed by atoms with van der Waals surface area (Å²) in [5, 5.41) is 68.9. The third-order valence-electron chi connectivity index (χ3n) is 5.17. The molecule has 30 heavy (non-hydrogen) atoms. The van der Waals surface area contributed by atoms with E-state index in [0.29, 0.717) is 6.42 Å². The molecule has 2 aliphatic heterocycles. The molecule has 7 N–H and O–H groups in total. The molecule has 0 radical (unpaired) electrons. The molecule has 0 amide bonds. The maximum atomic E-state index is 11.9. The van der Waals surface area contributed by atoms with E-state index in [0.717, 1.165) is 12.8 Å². The van der Waals surface area contributed by atoms with Gasteiger partial charge in [-0.25, -0.2) is 0 Å². The fourth-order valence-corrected chi connectivity index (χ4v) is 3.25. The third kappa shape index (κ3) is 6.07. The Morgan fingerprint density at radius 2 is 1.37 bits per heavy atom. The monoisotopic (exact) mass is 440 g/mol. The summed E-state index contributed by atoms with van der Waals surface area (Å²) in [4.78, 5) is 11.9. The van der Waals surface area contributed by atoms with Gasteiger partial charge in [-0.2, -0.15) is 0 Å². The first-order valence-electron chi connectivity index (χ1n) is 10.0. The van der Waals surface area contributed by atoms with Gasteiger partial charge in [0.2, 0.25) is 6.29 Å². The van der Waals surface area contributed by atoms with Crippen molar-refractivity contribution in [2.75, 3.05) is 13.2 Å². The molecule has 10 atom stereocenters. The van der Waals surface area contributed by atoms with Crippen LogP contribution in [0.4, 0.5) is 0 Å². The SMILES string of the molecule is CCCCCC(=O)O[C@@H]1O[C@H](CO[C@@H]2O[C@H](CO)[C@@H](O)[C@H](O)[C@H]2O)[C@@H](O)[C@H](O)[C@H]1O. The smallest absolute Gasteiger partial charge is 0.308 e. The van der Waals surface area contributed by atoms with Gasteiger partial charge in [0.15, 0.2) is 6.29 Å². The van der Waals surface area contributed by atoms with E-state index in [9.17, 15) is 40.5 Å². The number of hydrogen-bond acceptors (Lipinski definition) is 12. The fraction of sp³-hybridized carbons (Fsp3) is 0.944. The van der Waals surface area contributed by atoms with Crippen molar-refractivity contribution in [2.45, 2.75) is 94.0 Å². The van der Waals surface area contributed by atoms with Crippen LogP contribution in [0.2, 0.25) is 0 Å². The van der Waals surface area contributed by atoms with Gasteiger partial charge in [-0.1, -0.05) is 19.8 Å². The lowest BCUT2D eigenvalue weighted by atomic mass is 9.98. The number of hydrogen-bond donors (Lipinski definition) is 7. The zero-order chi connectivity index (χ0) is 22.4. The quantitative estimate of drug-likeness (QED) is 0.140. The van der Waals surface area contributed by atoms with E-state index in [1.54, 1.807) is 0 Å². The predicted octanol–water partition coefficient (Wildman–Crippen LogP) is -3.27. The molecule has 0 unspecified atom stereocenters. The summed E-state index contributed by atoms with van der Waals surface area (Å²) in [6.45, 7) is 0.836. The number of aliphatic hydroxyl groups excluding tert-OH is 7. The van der Waals surface area contributed by atoms with Crippen LogP contribution in [0.5, 0.6) is 0 Å². The molecule has 176 valence electrons. The molecule has 0 saturated carbocycles. The van der Waals surface area contributed by atoms with Gasteiger partial charge in [0.05, 0.1) is 13.2 Å². The van der Waals surface area contributed by atoms with Crippen LogP contribution in [-0.4, -0.2) is 116 Å². The van der Waals surface area contributed by atoms with E-state index >= 15 is 0 Å². The van der Waals surface area contributed by atoms with Crippen molar-refractivity contribution in [2.24, 2.45) is 0 Å². The maximum absolute atomic E-state index is 11.9. The Kier molecular flexibility index (Phi) is 9.81. The van der Waals surface area contributed by atoms with Crippen LogP contribution in [0.3, 0.4) is 0 Å². The van der Waals surface area contributed by atoms with Crippen LogP contribution in [0.25, 0.3) is 0 Å². The molecule has 2 aliphatic rings. The van der Waals surface area contributed by atoms with Crippen LogP contribution < -0.4 is 0 Å². The Labute approximate surface area is 173 Å². The van der Waals surface area contributed by atoms with Crippen LogP contribution in [0.1, 0.15) is 32.6 Å². The van der Waals surface area contributed by atoms with Crippen molar-refractivity contribution in [3.8, 4) is 0 Å². The Bertz CT molecular complexity index is 531. The zero-order valence-electron chi connectivity index (χ0n) is 16.7. The first-order chi connectivity index (χ1) is 14.2. The molecule has 2 fully saturated rings. The number of aliphatic hydroxyl groups is 7. The van der Waals surface area contributed by atoms with Gasteiger partial charge in [-0.15, -0.1) is 0 Å². The van der Waals surface area contributed by atoms with E-state index in [-0.39, 0.29) is 6.42 Å². The zero-order valence-corrected chi connectivity index (χ0v) is 16.7. The molecular weight excluding hydrogens is 408 g/mol. The number of rotatable bonds is 9. The lowest BCUT2D eigenvalue weighted by Crippen LogP contribution is -2.61. The highest BCUT2D eigenvalue weighted by atomic mass is 16.7. The molecule has 0 aromatic heterocycles. The molecule has 0 spiro atoms. The maximum Gasteiger partial charge on any atom is 0.308 e. The van der Waals surface area contributed by atoms with E-state index in [4.69, 9.17) is 18.9 Å². The summed E-state index contributed by atoms with van der Waals surface area (Å²) >= 11 is 0. The summed E-state index contributed by atoms with van der Waals surface area (Å²) in [5.74, 6) is -0.635. The fourth-order valence-electron chi connectivity index (χ4n) is 3.25. The second kappa shape index (κ2) is 11.6. The van der Waals surface area contributed by atoms with Gasteiger partial charge >= 0.3 is 5.97 Å². The highest BCUT2D eigenvalue weighted by Crippen LogP contribution is 2.26. The normalized spacial score (nSPS) is 42.1. The average molecular weight is 440 g/mol. The number of ether oxygens (including phenoxy) is 4. The van der Waals surface area contributed by atoms with Gasteiger partial charge in [0.1, 0.15) is 48.8 Å². The standard InChI is InChI=1S/C18H32O12/c1-2-3-4-5-10(20)30-18-16(26)14(24)12(22)9(29-18)7-27-17-15(25)13(23)11(21)8(6-19)28-17/h8-9,11-19,21-26H,2-7H2,1H3/t8-,9-,11-,12-,13+,14+,15-,16-,17-,18+/m1/s1. The van der Waals surface area contributed by atoms with Crippen molar-refractivity contribution < 1.29 is 59.5 Å².